The predicted molar refractivity (Wildman–Crippen MR) is 133 cm³/mol. The summed E-state index contributed by atoms with van der Waals surface area (Å²) in [6.45, 7) is 5.07. The third kappa shape index (κ3) is 8.04. The molecule has 38 heavy (non-hydrogen) atoms. The number of ether oxygens (including phenoxy) is 2. The fourth-order valence-electron chi connectivity index (χ4n) is 4.18. The van der Waals surface area contributed by atoms with E-state index in [0.29, 0.717) is 50.1 Å². The maximum Gasteiger partial charge on any atom is 0.416 e. The number of nitrogens with one attached hydrogen (secondary N) is 1. The quantitative estimate of drug-likeness (QED) is 0.400. The van der Waals surface area contributed by atoms with Gasteiger partial charge in [-0.1, -0.05) is 30.3 Å². The Balaban J connectivity index is 1.42. The highest BCUT2D eigenvalue weighted by atomic mass is 19.4. The molecule has 0 saturated carbocycles. The number of rotatable bonds is 11. The maximum absolute atomic E-state index is 13.2. The van der Waals surface area contributed by atoms with Gasteiger partial charge in [0.25, 0.3) is 5.91 Å². The van der Waals surface area contributed by atoms with Gasteiger partial charge < -0.3 is 19.2 Å². The van der Waals surface area contributed by atoms with E-state index >= 15 is 0 Å². The average molecular weight is 533 g/mol. The second-order valence-electron chi connectivity index (χ2n) is 9.03. The van der Waals surface area contributed by atoms with Crippen molar-refractivity contribution in [2.75, 3.05) is 46.5 Å². The normalized spacial score (nSPS) is 14.6. The zero-order chi connectivity index (χ0) is 27.0. The highest BCUT2D eigenvalue weighted by Gasteiger charge is 2.30. The molecule has 0 unspecified atom stereocenters. The molecule has 1 aliphatic heterocycles. The van der Waals surface area contributed by atoms with Gasteiger partial charge in [0.2, 0.25) is 5.89 Å². The number of hydrogen-bond acceptors (Lipinski definition) is 7. The minimum Gasteiger partial charge on any atom is -0.497 e. The lowest BCUT2D eigenvalue weighted by molar-refractivity contribution is -0.137. The predicted octanol–water partition coefficient (Wildman–Crippen LogP) is 3.97. The molecular formula is C27H31F3N4O4. The van der Waals surface area contributed by atoms with Crippen molar-refractivity contribution in [3.05, 3.63) is 83.1 Å². The fourth-order valence-corrected chi connectivity index (χ4v) is 4.18. The van der Waals surface area contributed by atoms with Crippen LogP contribution < -0.4 is 10.1 Å². The first-order valence-corrected chi connectivity index (χ1v) is 12.3. The minimum atomic E-state index is -4.43. The van der Waals surface area contributed by atoms with Gasteiger partial charge in [-0.3, -0.25) is 14.6 Å². The van der Waals surface area contributed by atoms with Crippen LogP contribution in [0.25, 0.3) is 0 Å². The number of aromatic nitrogens is 1. The highest BCUT2D eigenvalue weighted by Crippen LogP contribution is 2.30. The first-order chi connectivity index (χ1) is 18.3. The van der Waals surface area contributed by atoms with Gasteiger partial charge in [-0.05, 0) is 29.3 Å². The van der Waals surface area contributed by atoms with Crippen molar-refractivity contribution in [2.24, 2.45) is 0 Å². The van der Waals surface area contributed by atoms with Crippen LogP contribution in [-0.4, -0.2) is 67.2 Å². The summed E-state index contributed by atoms with van der Waals surface area (Å²) in [4.78, 5) is 21.0. The van der Waals surface area contributed by atoms with Crippen molar-refractivity contribution in [3.8, 4) is 5.75 Å². The summed E-state index contributed by atoms with van der Waals surface area (Å²) in [5.41, 5.74) is 0.892. The Labute approximate surface area is 219 Å². The molecule has 4 rings (SSSR count). The molecule has 2 heterocycles. The van der Waals surface area contributed by atoms with E-state index in [2.05, 4.69) is 15.2 Å². The van der Waals surface area contributed by atoms with Crippen molar-refractivity contribution in [3.63, 3.8) is 0 Å². The lowest BCUT2D eigenvalue weighted by Gasteiger charge is -2.26. The number of benzene rings is 2. The van der Waals surface area contributed by atoms with Gasteiger partial charge in [0.05, 0.1) is 32.4 Å². The Morgan fingerprint density at radius 3 is 2.53 bits per heavy atom. The van der Waals surface area contributed by atoms with E-state index in [4.69, 9.17) is 13.9 Å². The van der Waals surface area contributed by atoms with Gasteiger partial charge in [-0.25, -0.2) is 4.98 Å². The van der Waals surface area contributed by atoms with Crippen molar-refractivity contribution in [1.82, 2.24) is 20.1 Å². The molecule has 0 aliphatic carbocycles. The first-order valence-electron chi connectivity index (χ1n) is 12.3. The van der Waals surface area contributed by atoms with Crippen molar-refractivity contribution in [2.45, 2.75) is 25.8 Å². The topological polar surface area (TPSA) is 80.1 Å². The van der Waals surface area contributed by atoms with Crippen molar-refractivity contribution < 1.29 is 31.9 Å². The summed E-state index contributed by atoms with van der Waals surface area (Å²) < 4.78 is 55.8. The average Bonchev–Trinajstić information content (AvgIpc) is 3.38. The molecule has 1 aromatic heterocycles. The smallest absolute Gasteiger partial charge is 0.416 e. The SMILES string of the molecule is COc1ccc(CN(Cc2cccc(C(F)(F)F)c2)Cc2nc(C(=O)NCCN3CCOCC3)co2)cc1. The number of amides is 1. The lowest BCUT2D eigenvalue weighted by atomic mass is 10.1. The molecule has 1 saturated heterocycles. The number of methoxy groups -OCH3 is 1. The molecule has 0 bridgehead atoms. The number of carbonyl (C=O) groups excluding carboxylic acids is 1. The number of morpholine rings is 1. The Morgan fingerprint density at radius 1 is 1.08 bits per heavy atom. The number of oxazole rings is 1. The maximum atomic E-state index is 13.2. The van der Waals surface area contributed by atoms with Crippen LogP contribution >= 0.6 is 0 Å². The Hall–Kier alpha value is -3.41. The van der Waals surface area contributed by atoms with E-state index < -0.39 is 11.7 Å². The number of hydrogen-bond donors (Lipinski definition) is 1. The summed E-state index contributed by atoms with van der Waals surface area (Å²) in [6, 6.07) is 12.7. The zero-order valence-electron chi connectivity index (χ0n) is 21.2. The Morgan fingerprint density at radius 2 is 1.82 bits per heavy atom. The molecule has 1 fully saturated rings. The number of carbonyl (C=O) groups is 1. The van der Waals surface area contributed by atoms with Crippen molar-refractivity contribution in [1.29, 1.82) is 0 Å². The molecule has 1 amide bonds. The number of alkyl halides is 3. The van der Waals surface area contributed by atoms with Crippen LogP contribution in [0.5, 0.6) is 5.75 Å². The van der Waals surface area contributed by atoms with E-state index in [9.17, 15) is 18.0 Å². The first kappa shape index (κ1) is 27.6. The van der Waals surface area contributed by atoms with Crippen LogP contribution in [0.1, 0.15) is 33.1 Å². The molecule has 8 nitrogen and oxygen atoms in total. The van der Waals surface area contributed by atoms with Crippen LogP contribution in [0.2, 0.25) is 0 Å². The van der Waals surface area contributed by atoms with Crippen LogP contribution in [0.15, 0.2) is 59.2 Å². The van der Waals surface area contributed by atoms with Crippen LogP contribution in [0, 0.1) is 0 Å². The van der Waals surface area contributed by atoms with Crippen LogP contribution in [0.4, 0.5) is 13.2 Å². The van der Waals surface area contributed by atoms with E-state index in [1.54, 1.807) is 13.2 Å². The van der Waals surface area contributed by atoms with Gasteiger partial charge in [-0.15, -0.1) is 0 Å². The molecule has 204 valence electrons. The van der Waals surface area contributed by atoms with E-state index in [0.717, 1.165) is 30.8 Å². The largest absolute Gasteiger partial charge is 0.497 e. The molecule has 0 atom stereocenters. The van der Waals surface area contributed by atoms with Crippen LogP contribution in [-0.2, 0) is 30.5 Å². The summed E-state index contributed by atoms with van der Waals surface area (Å²) in [5, 5.41) is 2.85. The zero-order valence-corrected chi connectivity index (χ0v) is 21.2. The summed E-state index contributed by atoms with van der Waals surface area (Å²) in [6.07, 6.45) is -3.13. The monoisotopic (exact) mass is 532 g/mol. The van der Waals surface area contributed by atoms with Gasteiger partial charge >= 0.3 is 6.18 Å². The second-order valence-corrected chi connectivity index (χ2v) is 9.03. The van der Waals surface area contributed by atoms with Gasteiger partial charge in [0.1, 0.15) is 12.0 Å². The molecule has 3 aromatic rings. The standard InChI is InChI=1S/C27H31F3N4O4/c1-36-23-7-5-20(6-8-23)16-34(17-21-3-2-4-22(15-21)27(28,29)30)18-25-32-24(19-38-25)26(35)31-9-10-33-11-13-37-14-12-33/h2-8,15,19H,9-14,16-18H2,1H3,(H,31,35). The summed E-state index contributed by atoms with van der Waals surface area (Å²) in [5.74, 6) is 0.659. The van der Waals surface area contributed by atoms with Gasteiger partial charge in [0, 0.05) is 39.3 Å². The number of nitrogens with zero attached hydrogens (tertiary/aromatic N) is 3. The lowest BCUT2D eigenvalue weighted by Crippen LogP contribution is -2.41. The van der Waals surface area contributed by atoms with E-state index in [-0.39, 0.29) is 24.7 Å². The molecule has 11 heteroatoms. The molecule has 2 aromatic carbocycles. The highest BCUT2D eigenvalue weighted by molar-refractivity contribution is 5.91. The third-order valence-electron chi connectivity index (χ3n) is 6.19. The molecular weight excluding hydrogens is 501 g/mol. The summed E-state index contributed by atoms with van der Waals surface area (Å²) in [7, 11) is 1.58. The van der Waals surface area contributed by atoms with E-state index in [1.807, 2.05) is 29.2 Å². The van der Waals surface area contributed by atoms with Crippen molar-refractivity contribution >= 4 is 5.91 Å². The van der Waals surface area contributed by atoms with Gasteiger partial charge in [0.15, 0.2) is 5.69 Å². The molecule has 1 N–H and O–H groups in total. The van der Waals surface area contributed by atoms with Crippen LogP contribution in [0.3, 0.4) is 0 Å². The number of halogens is 3. The Kier molecular flexibility index (Phi) is 9.38. The molecule has 0 spiro atoms. The fraction of sp³-hybridized carbons (Fsp3) is 0.407. The van der Waals surface area contributed by atoms with Gasteiger partial charge in [-0.2, -0.15) is 13.2 Å². The minimum absolute atomic E-state index is 0.158. The summed E-state index contributed by atoms with van der Waals surface area (Å²) >= 11 is 0. The second kappa shape index (κ2) is 12.9. The molecule has 0 radical (unpaired) electrons. The molecule has 1 aliphatic rings. The third-order valence-corrected chi connectivity index (χ3v) is 6.19. The Bertz CT molecular complexity index is 1180. The van der Waals surface area contributed by atoms with E-state index in [1.165, 1.54) is 12.3 Å².